The zero-order chi connectivity index (χ0) is 13.9. The summed E-state index contributed by atoms with van der Waals surface area (Å²) in [5, 5.41) is 0. The maximum Gasteiger partial charge on any atom is 0.0303 e. The van der Waals surface area contributed by atoms with Gasteiger partial charge in [0.2, 0.25) is 0 Å². The number of rotatable bonds is 4. The smallest absolute Gasteiger partial charge is 0.0303 e. The Morgan fingerprint density at radius 1 is 1.16 bits per heavy atom. The number of hydrogen-bond donors (Lipinski definition) is 1. The van der Waals surface area contributed by atoms with Crippen LogP contribution in [-0.2, 0) is 6.54 Å². The number of hydrogen-bond acceptors (Lipinski definition) is 3. The van der Waals surface area contributed by atoms with Crippen LogP contribution in [0.5, 0.6) is 0 Å². The van der Waals surface area contributed by atoms with Crippen LogP contribution in [0.1, 0.15) is 29.5 Å². The van der Waals surface area contributed by atoms with E-state index in [4.69, 9.17) is 5.73 Å². The van der Waals surface area contributed by atoms with Crippen molar-refractivity contribution in [3.8, 4) is 0 Å². The van der Waals surface area contributed by atoms with Gasteiger partial charge in [0.15, 0.2) is 0 Å². The quantitative estimate of drug-likeness (QED) is 0.918. The fourth-order valence-electron chi connectivity index (χ4n) is 3.03. The number of thioether (sulfide) groups is 1. The van der Waals surface area contributed by atoms with Crippen LogP contribution in [0, 0.1) is 13.8 Å². The van der Waals surface area contributed by atoms with Gasteiger partial charge in [-0.25, -0.2) is 0 Å². The van der Waals surface area contributed by atoms with Crippen LogP contribution < -0.4 is 5.73 Å². The van der Waals surface area contributed by atoms with E-state index in [2.05, 4.69) is 43.2 Å². The summed E-state index contributed by atoms with van der Waals surface area (Å²) >= 11 is 1.95. The van der Waals surface area contributed by atoms with Crippen molar-refractivity contribution in [3.05, 3.63) is 34.9 Å². The van der Waals surface area contributed by atoms with Gasteiger partial charge in [-0.15, -0.1) is 0 Å². The van der Waals surface area contributed by atoms with Gasteiger partial charge < -0.3 is 5.73 Å². The van der Waals surface area contributed by atoms with E-state index in [9.17, 15) is 0 Å². The van der Waals surface area contributed by atoms with Crippen molar-refractivity contribution in [3.63, 3.8) is 0 Å². The van der Waals surface area contributed by atoms with Crippen LogP contribution in [0.3, 0.4) is 0 Å². The highest BCUT2D eigenvalue weighted by Gasteiger charge is 2.32. The lowest BCUT2D eigenvalue weighted by Crippen LogP contribution is -2.46. The van der Waals surface area contributed by atoms with Crippen molar-refractivity contribution in [2.24, 2.45) is 5.73 Å². The summed E-state index contributed by atoms with van der Waals surface area (Å²) in [6.07, 6.45) is 4.64. The molecule has 0 unspecified atom stereocenters. The Balaban J connectivity index is 1.95. The zero-order valence-corrected chi connectivity index (χ0v) is 13.2. The molecule has 3 heteroatoms. The normalized spacial score (nSPS) is 19.6. The molecule has 0 radical (unpaired) electrons. The van der Waals surface area contributed by atoms with Gasteiger partial charge >= 0.3 is 0 Å². The Morgan fingerprint density at radius 2 is 1.74 bits per heavy atom. The molecule has 1 aliphatic rings. The third kappa shape index (κ3) is 3.74. The predicted molar refractivity (Wildman–Crippen MR) is 85.7 cm³/mol. The number of nitrogens with zero attached hydrogens (tertiary/aromatic N) is 1. The van der Waals surface area contributed by atoms with E-state index in [-0.39, 0.29) is 0 Å². The minimum atomic E-state index is 0.332. The average molecular weight is 278 g/mol. The first-order valence-corrected chi connectivity index (χ1v) is 8.34. The highest BCUT2D eigenvalue weighted by molar-refractivity contribution is 8.00. The monoisotopic (exact) mass is 278 g/mol. The molecule has 0 atom stereocenters. The molecule has 1 saturated heterocycles. The lowest BCUT2D eigenvalue weighted by Gasteiger charge is -2.40. The molecule has 2 nitrogen and oxygen atoms in total. The van der Waals surface area contributed by atoms with Crippen molar-refractivity contribution in [2.45, 2.75) is 38.0 Å². The molecule has 1 aromatic rings. The summed E-state index contributed by atoms with van der Waals surface area (Å²) in [6.45, 7) is 8.60. The second-order valence-electron chi connectivity index (χ2n) is 5.86. The summed E-state index contributed by atoms with van der Waals surface area (Å²) in [6, 6.07) is 6.87. The second-order valence-corrected chi connectivity index (χ2v) is 7.14. The van der Waals surface area contributed by atoms with Crippen molar-refractivity contribution in [1.29, 1.82) is 0 Å². The molecule has 0 aromatic heterocycles. The van der Waals surface area contributed by atoms with Crippen LogP contribution in [0.4, 0.5) is 0 Å². The number of nitrogens with two attached hydrogens (primary N) is 1. The first-order valence-electron chi connectivity index (χ1n) is 7.12. The Hall–Kier alpha value is -0.510. The first kappa shape index (κ1) is 14.9. The summed E-state index contributed by atoms with van der Waals surface area (Å²) in [7, 11) is 0. The minimum absolute atomic E-state index is 0.332. The molecule has 0 spiro atoms. The molecule has 0 aliphatic carbocycles. The van der Waals surface area contributed by atoms with Gasteiger partial charge in [-0.05, 0) is 51.6 Å². The number of aryl methyl sites for hydroxylation is 2. The van der Waals surface area contributed by atoms with Crippen LogP contribution in [-0.4, -0.2) is 35.5 Å². The largest absolute Gasteiger partial charge is 0.329 e. The fraction of sp³-hybridized carbons (Fsp3) is 0.625. The number of benzene rings is 1. The molecule has 19 heavy (non-hydrogen) atoms. The first-order chi connectivity index (χ1) is 9.07. The van der Waals surface area contributed by atoms with Gasteiger partial charge in [-0.1, -0.05) is 29.3 Å². The van der Waals surface area contributed by atoms with E-state index < -0.39 is 0 Å². The molecule has 0 amide bonds. The Morgan fingerprint density at radius 3 is 2.21 bits per heavy atom. The number of likely N-dealkylation sites (tertiary alicyclic amines) is 1. The average Bonchev–Trinajstić information content (AvgIpc) is 2.39. The minimum Gasteiger partial charge on any atom is -0.329 e. The van der Waals surface area contributed by atoms with Gasteiger partial charge in [0.1, 0.15) is 0 Å². The Kier molecular flexibility index (Phi) is 4.93. The highest BCUT2D eigenvalue weighted by Crippen LogP contribution is 2.33. The standard InChI is InChI=1S/C16H26N2S/c1-13-8-14(2)10-15(9-13)11-18-6-4-16(12-17,19-3)5-7-18/h8-10H,4-7,11-12,17H2,1-3H3. The number of piperidine rings is 1. The zero-order valence-electron chi connectivity index (χ0n) is 12.4. The van der Waals surface area contributed by atoms with Crippen molar-refractivity contribution in [2.75, 3.05) is 25.9 Å². The van der Waals surface area contributed by atoms with Gasteiger partial charge in [0.05, 0.1) is 0 Å². The van der Waals surface area contributed by atoms with Crippen molar-refractivity contribution < 1.29 is 0 Å². The van der Waals surface area contributed by atoms with Gasteiger partial charge in [0.25, 0.3) is 0 Å². The van der Waals surface area contributed by atoms with E-state index in [1.54, 1.807) is 0 Å². The molecular formula is C16H26N2S. The Bertz CT molecular complexity index is 397. The van der Waals surface area contributed by atoms with Gasteiger partial charge in [-0.3, -0.25) is 4.90 Å². The molecular weight excluding hydrogens is 252 g/mol. The summed E-state index contributed by atoms with van der Waals surface area (Å²) in [5.41, 5.74) is 10.1. The van der Waals surface area contributed by atoms with Crippen molar-refractivity contribution in [1.82, 2.24) is 4.90 Å². The summed E-state index contributed by atoms with van der Waals surface area (Å²) in [4.78, 5) is 2.57. The molecule has 1 aromatic carbocycles. The van der Waals surface area contributed by atoms with E-state index >= 15 is 0 Å². The molecule has 0 saturated carbocycles. The summed E-state index contributed by atoms with van der Waals surface area (Å²) in [5.74, 6) is 0. The fourth-order valence-corrected chi connectivity index (χ4v) is 3.79. The molecule has 2 rings (SSSR count). The maximum absolute atomic E-state index is 5.95. The second kappa shape index (κ2) is 6.29. The Labute approximate surface area is 121 Å². The molecule has 0 bridgehead atoms. The topological polar surface area (TPSA) is 29.3 Å². The third-order valence-corrected chi connectivity index (χ3v) is 5.70. The predicted octanol–water partition coefficient (Wildman–Crippen LogP) is 2.96. The van der Waals surface area contributed by atoms with E-state index in [0.717, 1.165) is 13.1 Å². The lowest BCUT2D eigenvalue weighted by atomic mass is 9.95. The maximum atomic E-state index is 5.95. The molecule has 2 N–H and O–H groups in total. The van der Waals surface area contributed by atoms with Crippen LogP contribution in [0.2, 0.25) is 0 Å². The van der Waals surface area contributed by atoms with Crippen LogP contribution in [0.15, 0.2) is 18.2 Å². The van der Waals surface area contributed by atoms with Crippen LogP contribution in [0.25, 0.3) is 0 Å². The van der Waals surface area contributed by atoms with Crippen LogP contribution >= 0.6 is 11.8 Å². The van der Waals surface area contributed by atoms with E-state index in [1.807, 2.05) is 11.8 Å². The molecule has 106 valence electrons. The van der Waals surface area contributed by atoms with E-state index in [0.29, 0.717) is 4.75 Å². The van der Waals surface area contributed by atoms with E-state index in [1.165, 1.54) is 42.6 Å². The molecule has 1 fully saturated rings. The van der Waals surface area contributed by atoms with Gasteiger partial charge in [0, 0.05) is 17.8 Å². The third-order valence-electron chi connectivity index (χ3n) is 4.26. The highest BCUT2D eigenvalue weighted by atomic mass is 32.2. The van der Waals surface area contributed by atoms with Gasteiger partial charge in [-0.2, -0.15) is 11.8 Å². The summed E-state index contributed by atoms with van der Waals surface area (Å²) < 4.78 is 0.332. The lowest BCUT2D eigenvalue weighted by molar-refractivity contribution is 0.195. The molecule has 1 aliphatic heterocycles. The molecule has 1 heterocycles. The SMILES string of the molecule is CSC1(CN)CCN(Cc2cc(C)cc(C)c2)CC1. The van der Waals surface area contributed by atoms with Crippen molar-refractivity contribution >= 4 is 11.8 Å².